The highest BCUT2D eigenvalue weighted by Crippen LogP contribution is 2.08. The molecule has 5 nitrogen and oxygen atoms in total. The van der Waals surface area contributed by atoms with E-state index in [4.69, 9.17) is 0 Å². The van der Waals surface area contributed by atoms with Gasteiger partial charge >= 0.3 is 0 Å². The van der Waals surface area contributed by atoms with Crippen LogP contribution in [-0.2, 0) is 0 Å². The van der Waals surface area contributed by atoms with Crippen LogP contribution in [0.2, 0.25) is 0 Å². The van der Waals surface area contributed by atoms with Gasteiger partial charge in [-0.15, -0.1) is 0 Å². The first-order chi connectivity index (χ1) is 6.40. The van der Waals surface area contributed by atoms with Gasteiger partial charge in [-0.25, -0.2) is 9.97 Å². The molecule has 0 aliphatic carbocycles. The maximum absolute atomic E-state index is 4.20. The Kier molecular flexibility index (Phi) is 2.31. The highest BCUT2D eigenvalue weighted by molar-refractivity contribution is 7.80. The van der Waals surface area contributed by atoms with Gasteiger partial charge in [0.1, 0.15) is 11.8 Å². The molecule has 0 atom stereocenters. The summed E-state index contributed by atoms with van der Waals surface area (Å²) in [7, 11) is 0. The second kappa shape index (κ2) is 3.61. The lowest BCUT2D eigenvalue weighted by Gasteiger charge is -1.96. The fourth-order valence-electron chi connectivity index (χ4n) is 1.02. The van der Waals surface area contributed by atoms with Crippen LogP contribution in [0.25, 0.3) is 11.2 Å². The maximum Gasteiger partial charge on any atom is 0.202 e. The summed E-state index contributed by atoms with van der Waals surface area (Å²) in [6.07, 6.45) is 3.17. The lowest BCUT2D eigenvalue weighted by atomic mass is 10.6. The Morgan fingerprint density at radius 3 is 3.23 bits per heavy atom. The molecular weight excluding hydrogens is 186 g/mol. The monoisotopic (exact) mass is 195 g/mol. The Bertz CT molecular complexity index is 365. The first-order valence-electron chi connectivity index (χ1n) is 3.90. The van der Waals surface area contributed by atoms with Crippen molar-refractivity contribution in [3.05, 3.63) is 12.5 Å². The Labute approximate surface area is 80.4 Å². The number of aromatic nitrogens is 4. The molecule has 2 N–H and O–H groups in total. The van der Waals surface area contributed by atoms with Crippen molar-refractivity contribution in [2.75, 3.05) is 17.6 Å². The van der Waals surface area contributed by atoms with Crippen LogP contribution in [0, 0.1) is 0 Å². The van der Waals surface area contributed by atoms with Crippen LogP contribution < -0.4 is 5.32 Å². The van der Waals surface area contributed by atoms with E-state index < -0.39 is 0 Å². The number of aromatic amines is 1. The van der Waals surface area contributed by atoms with Crippen molar-refractivity contribution in [1.29, 1.82) is 0 Å². The molecule has 0 amide bonds. The Morgan fingerprint density at radius 1 is 1.54 bits per heavy atom. The number of anilines is 1. The third kappa shape index (κ3) is 1.72. The molecule has 2 rings (SSSR count). The molecule has 0 fully saturated rings. The largest absolute Gasteiger partial charge is 0.355 e. The predicted molar refractivity (Wildman–Crippen MR) is 54.0 cm³/mol. The summed E-state index contributed by atoms with van der Waals surface area (Å²) in [5.74, 6) is 1.48. The minimum atomic E-state index is 0.677. The van der Waals surface area contributed by atoms with E-state index in [2.05, 4.69) is 37.9 Å². The van der Waals surface area contributed by atoms with E-state index in [1.165, 1.54) is 6.33 Å². The number of H-pyrrole nitrogens is 1. The van der Waals surface area contributed by atoms with Crippen molar-refractivity contribution in [3.8, 4) is 0 Å². The highest BCUT2D eigenvalue weighted by Gasteiger charge is 2.00. The number of hydrogen-bond acceptors (Lipinski definition) is 5. The van der Waals surface area contributed by atoms with E-state index in [0.717, 1.165) is 17.8 Å². The maximum atomic E-state index is 4.20. The summed E-state index contributed by atoms with van der Waals surface area (Å²) < 4.78 is 0. The molecule has 6 heteroatoms. The van der Waals surface area contributed by atoms with Crippen molar-refractivity contribution in [1.82, 2.24) is 19.9 Å². The van der Waals surface area contributed by atoms with Gasteiger partial charge < -0.3 is 10.3 Å². The molecule has 68 valence electrons. The normalized spacial score (nSPS) is 10.5. The van der Waals surface area contributed by atoms with Gasteiger partial charge in [0.2, 0.25) is 5.95 Å². The average Bonchev–Trinajstić information content (AvgIpc) is 2.57. The topological polar surface area (TPSA) is 66.5 Å². The zero-order valence-corrected chi connectivity index (χ0v) is 7.75. The molecule has 2 aromatic rings. The zero-order chi connectivity index (χ0) is 9.10. The summed E-state index contributed by atoms with van der Waals surface area (Å²) in [6, 6.07) is 0. The number of thiol groups is 1. The van der Waals surface area contributed by atoms with Crippen molar-refractivity contribution in [3.63, 3.8) is 0 Å². The summed E-state index contributed by atoms with van der Waals surface area (Å²) >= 11 is 4.08. The van der Waals surface area contributed by atoms with E-state index in [1.807, 2.05) is 0 Å². The molecule has 0 unspecified atom stereocenters. The fraction of sp³-hybridized carbons (Fsp3) is 0.286. The second-order valence-electron chi connectivity index (χ2n) is 2.50. The molecular formula is C7H9N5S. The Morgan fingerprint density at radius 2 is 2.46 bits per heavy atom. The van der Waals surface area contributed by atoms with Crippen LogP contribution in [0.1, 0.15) is 0 Å². The Hall–Kier alpha value is -1.30. The predicted octanol–water partition coefficient (Wildman–Crippen LogP) is 0.695. The van der Waals surface area contributed by atoms with Gasteiger partial charge in [0.05, 0.1) is 6.20 Å². The van der Waals surface area contributed by atoms with Gasteiger partial charge in [-0.2, -0.15) is 17.6 Å². The summed E-state index contributed by atoms with van der Waals surface area (Å²) in [4.78, 5) is 15.1. The molecule has 0 aromatic carbocycles. The lowest BCUT2D eigenvalue weighted by molar-refractivity contribution is 1.15. The van der Waals surface area contributed by atoms with Crippen LogP contribution in [-0.4, -0.2) is 32.2 Å². The molecule has 2 aromatic heterocycles. The lowest BCUT2D eigenvalue weighted by Crippen LogP contribution is -2.03. The van der Waals surface area contributed by atoms with E-state index in [9.17, 15) is 0 Å². The molecule has 0 aliphatic heterocycles. The summed E-state index contributed by atoms with van der Waals surface area (Å²) in [6.45, 7) is 0.774. The van der Waals surface area contributed by atoms with Crippen molar-refractivity contribution in [2.45, 2.75) is 0 Å². The van der Waals surface area contributed by atoms with Gasteiger partial charge in [0.15, 0.2) is 5.65 Å². The van der Waals surface area contributed by atoms with Crippen LogP contribution >= 0.6 is 12.6 Å². The van der Waals surface area contributed by atoms with Crippen molar-refractivity contribution >= 4 is 29.7 Å². The number of rotatable bonds is 3. The minimum absolute atomic E-state index is 0.677. The van der Waals surface area contributed by atoms with Gasteiger partial charge in [-0.1, -0.05) is 0 Å². The molecule has 2 heterocycles. The number of fused-ring (bicyclic) bond motifs is 1. The van der Waals surface area contributed by atoms with E-state index >= 15 is 0 Å². The van der Waals surface area contributed by atoms with Gasteiger partial charge in [-0.3, -0.25) is 0 Å². The van der Waals surface area contributed by atoms with Gasteiger partial charge in [-0.05, 0) is 0 Å². The molecule has 0 spiro atoms. The molecule has 0 bridgehead atoms. The number of hydrogen-bond donors (Lipinski definition) is 3. The first kappa shape index (κ1) is 8.31. The smallest absolute Gasteiger partial charge is 0.202 e. The van der Waals surface area contributed by atoms with Gasteiger partial charge in [0, 0.05) is 12.3 Å². The summed E-state index contributed by atoms with van der Waals surface area (Å²) in [5.41, 5.74) is 1.51. The van der Waals surface area contributed by atoms with Crippen LogP contribution in [0.15, 0.2) is 12.5 Å². The van der Waals surface area contributed by atoms with Crippen molar-refractivity contribution < 1.29 is 0 Å². The quantitative estimate of drug-likeness (QED) is 0.630. The number of imidazole rings is 1. The third-order valence-electron chi connectivity index (χ3n) is 1.57. The average molecular weight is 195 g/mol. The molecule has 0 saturated heterocycles. The zero-order valence-electron chi connectivity index (χ0n) is 6.86. The summed E-state index contributed by atoms with van der Waals surface area (Å²) in [5, 5.41) is 3.07. The second-order valence-corrected chi connectivity index (χ2v) is 2.94. The van der Waals surface area contributed by atoms with Gasteiger partial charge in [0.25, 0.3) is 0 Å². The molecule has 0 saturated carbocycles. The van der Waals surface area contributed by atoms with E-state index in [0.29, 0.717) is 11.6 Å². The molecule has 0 aliphatic rings. The standard InChI is InChI=1S/C7H9N5S/c13-2-1-9-7-11-5-3-8-4-10-6(5)12-7/h3-4,13H,1-2H2,(H2,8,9,10,11,12). The number of nitrogens with one attached hydrogen (secondary N) is 2. The third-order valence-corrected chi connectivity index (χ3v) is 1.79. The molecule has 0 radical (unpaired) electrons. The minimum Gasteiger partial charge on any atom is -0.355 e. The first-order valence-corrected chi connectivity index (χ1v) is 4.54. The number of nitrogens with zero attached hydrogens (tertiary/aromatic N) is 3. The Balaban J connectivity index is 2.28. The SMILES string of the molecule is SCCNc1nc2ncncc2[nH]1. The van der Waals surface area contributed by atoms with Crippen LogP contribution in [0.3, 0.4) is 0 Å². The highest BCUT2D eigenvalue weighted by atomic mass is 32.1. The van der Waals surface area contributed by atoms with Crippen molar-refractivity contribution in [2.24, 2.45) is 0 Å². The van der Waals surface area contributed by atoms with Crippen LogP contribution in [0.4, 0.5) is 5.95 Å². The fourth-order valence-corrected chi connectivity index (χ4v) is 1.13. The van der Waals surface area contributed by atoms with E-state index in [1.54, 1.807) is 6.20 Å². The molecule has 13 heavy (non-hydrogen) atoms. The van der Waals surface area contributed by atoms with Crippen LogP contribution in [0.5, 0.6) is 0 Å². The van der Waals surface area contributed by atoms with E-state index in [-0.39, 0.29) is 0 Å².